The lowest BCUT2D eigenvalue weighted by molar-refractivity contribution is -0.117. The van der Waals surface area contributed by atoms with Crippen molar-refractivity contribution in [3.63, 3.8) is 0 Å². The highest BCUT2D eigenvalue weighted by molar-refractivity contribution is 6.16. The summed E-state index contributed by atoms with van der Waals surface area (Å²) in [5.74, 6) is -2.92. The van der Waals surface area contributed by atoms with Crippen molar-refractivity contribution >= 4 is 28.2 Å². The van der Waals surface area contributed by atoms with Gasteiger partial charge in [0.2, 0.25) is 11.7 Å². The van der Waals surface area contributed by atoms with E-state index in [2.05, 4.69) is 15.6 Å². The summed E-state index contributed by atoms with van der Waals surface area (Å²) in [5.41, 5.74) is 1.73. The molecular formula is C23H17N5O2. The number of amides is 1. The molecule has 0 radical (unpaired) electrons. The second kappa shape index (κ2) is 7.97. The molecule has 0 fully saturated rings. The molecule has 7 nitrogen and oxygen atoms in total. The molecule has 1 heterocycles. The molecule has 0 bridgehead atoms. The molecule has 1 atom stereocenters. The average Bonchev–Trinajstić information content (AvgIpc) is 3.16. The number of aromatic nitrogens is 3. The Bertz CT molecular complexity index is 1280. The number of hydrogen-bond donors (Lipinski definition) is 1. The van der Waals surface area contributed by atoms with Crippen LogP contribution in [0.5, 0.6) is 0 Å². The zero-order valence-corrected chi connectivity index (χ0v) is 16.1. The number of carbonyl (C=O) groups excluding carboxylic acids is 2. The lowest BCUT2D eigenvalue weighted by Gasteiger charge is -2.11. The molecule has 4 aromatic rings. The van der Waals surface area contributed by atoms with Gasteiger partial charge in [-0.2, -0.15) is 5.26 Å². The van der Waals surface area contributed by atoms with Gasteiger partial charge in [0, 0.05) is 11.1 Å². The van der Waals surface area contributed by atoms with Crippen LogP contribution in [0.25, 0.3) is 16.5 Å². The number of benzene rings is 3. The van der Waals surface area contributed by atoms with Gasteiger partial charge >= 0.3 is 0 Å². The topological polar surface area (TPSA) is 101 Å². The van der Waals surface area contributed by atoms with Crippen LogP contribution in [0.3, 0.4) is 0 Å². The number of ketones is 1. The van der Waals surface area contributed by atoms with Crippen LogP contribution in [0.2, 0.25) is 0 Å². The molecule has 1 N–H and O–H groups in total. The van der Waals surface area contributed by atoms with E-state index >= 15 is 0 Å². The third-order valence-corrected chi connectivity index (χ3v) is 4.83. The Kier molecular flexibility index (Phi) is 5.06. The number of Topliss-reactive ketones (excluding diaryl/α,β-unsaturated/α-hetero) is 1. The van der Waals surface area contributed by atoms with Gasteiger partial charge in [-0.1, -0.05) is 59.8 Å². The molecule has 1 unspecified atom stereocenters. The van der Waals surface area contributed by atoms with E-state index in [0.717, 1.165) is 16.5 Å². The predicted molar refractivity (Wildman–Crippen MR) is 112 cm³/mol. The van der Waals surface area contributed by atoms with Gasteiger partial charge in [0.15, 0.2) is 11.6 Å². The van der Waals surface area contributed by atoms with E-state index in [-0.39, 0.29) is 5.69 Å². The molecule has 0 saturated carbocycles. The summed E-state index contributed by atoms with van der Waals surface area (Å²) in [4.78, 5) is 25.7. The summed E-state index contributed by atoms with van der Waals surface area (Å²) in [5, 5.41) is 22.0. The van der Waals surface area contributed by atoms with E-state index in [1.165, 1.54) is 4.68 Å². The number of nitrogens with one attached hydrogen (secondary N) is 1. The standard InChI is InChI=1S/C23H17N5O2/c1-15-21(26-27-28(15)17-10-3-2-4-11-17)22(29)19(14-24)23(30)25-20-13-7-9-16-8-5-6-12-18(16)20/h2-13,19H,1H3,(H,25,30). The van der Waals surface area contributed by atoms with Crippen molar-refractivity contribution in [1.82, 2.24) is 15.0 Å². The number of hydrogen-bond acceptors (Lipinski definition) is 5. The normalized spacial score (nSPS) is 11.6. The smallest absolute Gasteiger partial charge is 0.249 e. The summed E-state index contributed by atoms with van der Waals surface area (Å²) in [6, 6.07) is 24.0. The van der Waals surface area contributed by atoms with Crippen molar-refractivity contribution in [2.24, 2.45) is 5.92 Å². The Balaban J connectivity index is 1.61. The first-order chi connectivity index (χ1) is 14.6. The highest BCUT2D eigenvalue weighted by atomic mass is 16.2. The van der Waals surface area contributed by atoms with Crippen LogP contribution in [0.15, 0.2) is 72.8 Å². The maximum Gasteiger partial charge on any atom is 0.249 e. The van der Waals surface area contributed by atoms with Crippen LogP contribution in [0.1, 0.15) is 16.2 Å². The van der Waals surface area contributed by atoms with E-state index in [4.69, 9.17) is 0 Å². The summed E-state index contributed by atoms with van der Waals surface area (Å²) in [7, 11) is 0. The maximum absolute atomic E-state index is 12.9. The van der Waals surface area contributed by atoms with Crippen molar-refractivity contribution in [3.05, 3.63) is 84.2 Å². The Labute approximate surface area is 172 Å². The highest BCUT2D eigenvalue weighted by Crippen LogP contribution is 2.24. The number of anilines is 1. The lowest BCUT2D eigenvalue weighted by atomic mass is 10.0. The first-order valence-electron chi connectivity index (χ1n) is 9.30. The summed E-state index contributed by atoms with van der Waals surface area (Å²) in [6.07, 6.45) is 0. The van der Waals surface area contributed by atoms with Crippen LogP contribution < -0.4 is 5.32 Å². The Morgan fingerprint density at radius 3 is 2.47 bits per heavy atom. The van der Waals surface area contributed by atoms with Crippen molar-refractivity contribution in [2.75, 3.05) is 5.32 Å². The molecule has 0 aliphatic rings. The molecular weight excluding hydrogens is 378 g/mol. The summed E-state index contributed by atoms with van der Waals surface area (Å²) in [6.45, 7) is 1.68. The third kappa shape index (κ3) is 3.42. The average molecular weight is 395 g/mol. The molecule has 0 spiro atoms. The molecule has 0 aliphatic heterocycles. The maximum atomic E-state index is 12.9. The van der Waals surface area contributed by atoms with E-state index < -0.39 is 17.6 Å². The van der Waals surface area contributed by atoms with Gasteiger partial charge in [0.05, 0.1) is 17.5 Å². The fraction of sp³-hybridized carbons (Fsp3) is 0.0870. The molecule has 0 aliphatic carbocycles. The molecule has 4 rings (SSSR count). The van der Waals surface area contributed by atoms with E-state index in [1.807, 2.05) is 60.7 Å². The number of carbonyl (C=O) groups is 2. The fourth-order valence-electron chi connectivity index (χ4n) is 3.28. The van der Waals surface area contributed by atoms with Gasteiger partial charge in [0.25, 0.3) is 0 Å². The molecule has 146 valence electrons. The zero-order chi connectivity index (χ0) is 21.1. The molecule has 30 heavy (non-hydrogen) atoms. The second-order valence-corrected chi connectivity index (χ2v) is 6.71. The van der Waals surface area contributed by atoms with Crippen LogP contribution in [-0.4, -0.2) is 26.7 Å². The monoisotopic (exact) mass is 395 g/mol. The summed E-state index contributed by atoms with van der Waals surface area (Å²) < 4.78 is 1.50. The minimum Gasteiger partial charge on any atom is -0.324 e. The molecule has 7 heteroatoms. The number of nitrogens with zero attached hydrogens (tertiary/aromatic N) is 4. The van der Waals surface area contributed by atoms with Crippen LogP contribution in [0.4, 0.5) is 5.69 Å². The highest BCUT2D eigenvalue weighted by Gasteiger charge is 2.32. The van der Waals surface area contributed by atoms with Crippen LogP contribution in [0, 0.1) is 24.2 Å². The van der Waals surface area contributed by atoms with E-state index in [9.17, 15) is 14.9 Å². The zero-order valence-electron chi connectivity index (χ0n) is 16.1. The first-order valence-corrected chi connectivity index (χ1v) is 9.30. The quantitative estimate of drug-likeness (QED) is 0.410. The SMILES string of the molecule is Cc1c(C(=O)C(C#N)C(=O)Nc2cccc3ccccc23)nnn1-c1ccccc1. The molecule has 1 aromatic heterocycles. The van der Waals surface area contributed by atoms with Gasteiger partial charge < -0.3 is 5.32 Å². The van der Waals surface area contributed by atoms with Crippen molar-refractivity contribution in [2.45, 2.75) is 6.92 Å². The second-order valence-electron chi connectivity index (χ2n) is 6.71. The van der Waals surface area contributed by atoms with Crippen molar-refractivity contribution < 1.29 is 9.59 Å². The first kappa shape index (κ1) is 19.0. The Morgan fingerprint density at radius 2 is 1.70 bits per heavy atom. The molecule has 3 aromatic carbocycles. The third-order valence-electron chi connectivity index (χ3n) is 4.83. The minimum atomic E-state index is -1.54. The van der Waals surface area contributed by atoms with Crippen molar-refractivity contribution in [3.8, 4) is 11.8 Å². The number of para-hydroxylation sites is 1. The predicted octanol–water partition coefficient (Wildman–Crippen LogP) is 3.69. The Morgan fingerprint density at radius 1 is 1.00 bits per heavy atom. The molecule has 1 amide bonds. The largest absolute Gasteiger partial charge is 0.324 e. The van der Waals surface area contributed by atoms with Gasteiger partial charge in [-0.05, 0) is 30.5 Å². The van der Waals surface area contributed by atoms with Gasteiger partial charge in [-0.15, -0.1) is 5.10 Å². The molecule has 0 saturated heterocycles. The Hall–Kier alpha value is -4.31. The van der Waals surface area contributed by atoms with Gasteiger partial charge in [0.1, 0.15) is 0 Å². The van der Waals surface area contributed by atoms with Gasteiger partial charge in [-0.25, -0.2) is 4.68 Å². The van der Waals surface area contributed by atoms with E-state index in [1.54, 1.807) is 25.1 Å². The van der Waals surface area contributed by atoms with Crippen LogP contribution >= 0.6 is 0 Å². The van der Waals surface area contributed by atoms with Crippen molar-refractivity contribution in [1.29, 1.82) is 5.26 Å². The van der Waals surface area contributed by atoms with Crippen LogP contribution in [-0.2, 0) is 4.79 Å². The number of fused-ring (bicyclic) bond motifs is 1. The minimum absolute atomic E-state index is 0.00141. The van der Waals surface area contributed by atoms with E-state index in [0.29, 0.717) is 11.4 Å². The van der Waals surface area contributed by atoms with Gasteiger partial charge in [-0.3, -0.25) is 9.59 Å². The summed E-state index contributed by atoms with van der Waals surface area (Å²) >= 11 is 0. The number of rotatable bonds is 5. The lowest BCUT2D eigenvalue weighted by Crippen LogP contribution is -2.29. The number of nitriles is 1. The fourth-order valence-corrected chi connectivity index (χ4v) is 3.28.